The van der Waals surface area contributed by atoms with E-state index in [9.17, 15) is 9.59 Å². The van der Waals surface area contributed by atoms with Gasteiger partial charge in [-0.25, -0.2) is 0 Å². The predicted octanol–water partition coefficient (Wildman–Crippen LogP) is 5.95. The van der Waals surface area contributed by atoms with Gasteiger partial charge in [-0.2, -0.15) is 0 Å². The fourth-order valence-corrected chi connectivity index (χ4v) is 3.99. The van der Waals surface area contributed by atoms with Crippen LogP contribution in [0.3, 0.4) is 0 Å². The van der Waals surface area contributed by atoms with Gasteiger partial charge < -0.3 is 10.2 Å². The van der Waals surface area contributed by atoms with Crippen molar-refractivity contribution in [1.82, 2.24) is 10.2 Å². The van der Waals surface area contributed by atoms with E-state index in [1.165, 1.54) is 0 Å². The average molecular weight is 497 g/mol. The van der Waals surface area contributed by atoms with Gasteiger partial charge in [0.05, 0.1) is 6.42 Å². The van der Waals surface area contributed by atoms with Gasteiger partial charge in [-0.05, 0) is 40.8 Å². The predicted molar refractivity (Wildman–Crippen MR) is 139 cm³/mol. The Morgan fingerprint density at radius 2 is 1.50 bits per heavy atom. The van der Waals surface area contributed by atoms with Gasteiger partial charge in [0.25, 0.3) is 0 Å². The van der Waals surface area contributed by atoms with Crippen molar-refractivity contribution in [1.29, 1.82) is 0 Å². The van der Waals surface area contributed by atoms with E-state index >= 15 is 0 Å². The standard InChI is InChI=1S/C28H30Cl2N2O2/c1-20(2)18-31-28(34)26(16-21-8-4-3-5-9-21)32(19-23-10-6-7-11-25(23)30)27(33)17-22-12-14-24(29)15-13-22/h3-15,20,26H,16-19H2,1-2H3,(H,31,34)/t26-/m1/s1. The lowest BCUT2D eigenvalue weighted by atomic mass is 10.0. The molecule has 0 heterocycles. The summed E-state index contributed by atoms with van der Waals surface area (Å²) >= 11 is 12.5. The van der Waals surface area contributed by atoms with Crippen LogP contribution < -0.4 is 5.32 Å². The fraction of sp³-hybridized carbons (Fsp3) is 0.286. The van der Waals surface area contributed by atoms with Crippen molar-refractivity contribution in [2.24, 2.45) is 5.92 Å². The zero-order valence-corrected chi connectivity index (χ0v) is 21.0. The van der Waals surface area contributed by atoms with Crippen LogP contribution in [0.4, 0.5) is 0 Å². The van der Waals surface area contributed by atoms with Gasteiger partial charge >= 0.3 is 0 Å². The molecule has 0 aliphatic rings. The van der Waals surface area contributed by atoms with Gasteiger partial charge in [-0.3, -0.25) is 9.59 Å². The summed E-state index contributed by atoms with van der Waals surface area (Å²) in [5.41, 5.74) is 2.61. The van der Waals surface area contributed by atoms with Crippen molar-refractivity contribution in [2.45, 2.75) is 39.3 Å². The Morgan fingerprint density at radius 1 is 0.853 bits per heavy atom. The number of rotatable bonds is 10. The minimum atomic E-state index is -0.683. The number of hydrogen-bond acceptors (Lipinski definition) is 2. The molecule has 0 fully saturated rings. The van der Waals surface area contributed by atoms with Crippen LogP contribution in [0.15, 0.2) is 78.9 Å². The highest BCUT2D eigenvalue weighted by atomic mass is 35.5. The van der Waals surface area contributed by atoms with Crippen LogP contribution in [0.1, 0.15) is 30.5 Å². The second kappa shape index (κ2) is 12.6. The first kappa shape index (κ1) is 25.8. The highest BCUT2D eigenvalue weighted by Crippen LogP contribution is 2.22. The van der Waals surface area contributed by atoms with Crippen LogP contribution in [-0.4, -0.2) is 29.3 Å². The van der Waals surface area contributed by atoms with Gasteiger partial charge in [-0.15, -0.1) is 0 Å². The number of carbonyl (C=O) groups is 2. The first-order valence-electron chi connectivity index (χ1n) is 11.4. The third kappa shape index (κ3) is 7.61. The molecule has 0 aliphatic carbocycles. The van der Waals surface area contributed by atoms with Gasteiger partial charge in [0, 0.05) is 29.6 Å². The molecule has 3 rings (SSSR count). The summed E-state index contributed by atoms with van der Waals surface area (Å²) in [5, 5.41) is 4.20. The van der Waals surface area contributed by atoms with Crippen LogP contribution in [0, 0.1) is 5.92 Å². The molecule has 0 aliphatic heterocycles. The zero-order chi connectivity index (χ0) is 24.5. The minimum absolute atomic E-state index is 0.150. The highest BCUT2D eigenvalue weighted by Gasteiger charge is 2.30. The van der Waals surface area contributed by atoms with Gasteiger partial charge in [0.1, 0.15) is 6.04 Å². The normalized spacial score (nSPS) is 11.8. The number of amides is 2. The Hall–Kier alpha value is -2.82. The van der Waals surface area contributed by atoms with Crippen molar-refractivity contribution >= 4 is 35.0 Å². The lowest BCUT2D eigenvalue weighted by Gasteiger charge is -2.32. The third-order valence-electron chi connectivity index (χ3n) is 5.52. The molecule has 178 valence electrons. The summed E-state index contributed by atoms with van der Waals surface area (Å²) in [7, 11) is 0. The van der Waals surface area contributed by atoms with E-state index in [1.54, 1.807) is 23.1 Å². The molecule has 0 saturated carbocycles. The lowest BCUT2D eigenvalue weighted by Crippen LogP contribution is -2.51. The SMILES string of the molecule is CC(C)CNC(=O)[C@@H](Cc1ccccc1)N(Cc1ccccc1Cl)C(=O)Cc1ccc(Cl)cc1. The van der Waals surface area contributed by atoms with E-state index in [4.69, 9.17) is 23.2 Å². The van der Waals surface area contributed by atoms with Crippen molar-refractivity contribution in [3.05, 3.63) is 106 Å². The molecule has 2 amide bonds. The average Bonchev–Trinajstić information content (AvgIpc) is 2.83. The summed E-state index contributed by atoms with van der Waals surface area (Å²) < 4.78 is 0. The molecule has 0 saturated heterocycles. The number of halogens is 2. The molecule has 1 N–H and O–H groups in total. The van der Waals surface area contributed by atoms with Crippen molar-refractivity contribution in [3.63, 3.8) is 0 Å². The fourth-order valence-electron chi connectivity index (χ4n) is 3.67. The Bertz CT molecular complexity index is 1090. The summed E-state index contributed by atoms with van der Waals surface area (Å²) in [6, 6.07) is 23.7. The lowest BCUT2D eigenvalue weighted by molar-refractivity contribution is -0.140. The number of hydrogen-bond donors (Lipinski definition) is 1. The summed E-state index contributed by atoms with van der Waals surface area (Å²) in [6.07, 6.45) is 0.561. The van der Waals surface area contributed by atoms with Crippen molar-refractivity contribution < 1.29 is 9.59 Å². The Kier molecular flexibility index (Phi) is 9.55. The topological polar surface area (TPSA) is 49.4 Å². The molecule has 6 heteroatoms. The first-order chi connectivity index (χ1) is 16.3. The van der Waals surface area contributed by atoms with Crippen LogP contribution in [-0.2, 0) is 29.0 Å². The van der Waals surface area contributed by atoms with Gasteiger partial charge in [0.15, 0.2) is 0 Å². The maximum Gasteiger partial charge on any atom is 0.243 e. The van der Waals surface area contributed by atoms with E-state index in [2.05, 4.69) is 5.32 Å². The van der Waals surface area contributed by atoms with Crippen LogP contribution in [0.2, 0.25) is 10.0 Å². The van der Waals surface area contributed by atoms with Crippen molar-refractivity contribution in [3.8, 4) is 0 Å². The van der Waals surface area contributed by atoms with Crippen LogP contribution in [0.25, 0.3) is 0 Å². The smallest absolute Gasteiger partial charge is 0.243 e. The molecule has 3 aromatic rings. The maximum absolute atomic E-state index is 13.7. The third-order valence-corrected chi connectivity index (χ3v) is 6.14. The number of carbonyl (C=O) groups excluding carboxylic acids is 2. The second-order valence-electron chi connectivity index (χ2n) is 8.76. The summed E-state index contributed by atoms with van der Waals surface area (Å²) in [6.45, 7) is 4.85. The molecule has 0 radical (unpaired) electrons. The Labute approximate surface area is 211 Å². The number of nitrogens with zero attached hydrogens (tertiary/aromatic N) is 1. The van der Waals surface area contributed by atoms with E-state index in [0.717, 1.165) is 16.7 Å². The van der Waals surface area contributed by atoms with E-state index in [0.29, 0.717) is 28.9 Å². The Balaban J connectivity index is 1.96. The molecule has 1 atom stereocenters. The zero-order valence-electron chi connectivity index (χ0n) is 19.5. The summed E-state index contributed by atoms with van der Waals surface area (Å²) in [4.78, 5) is 28.7. The largest absolute Gasteiger partial charge is 0.354 e. The number of nitrogens with one attached hydrogen (secondary N) is 1. The monoisotopic (exact) mass is 496 g/mol. The molecule has 0 unspecified atom stereocenters. The molecule has 34 heavy (non-hydrogen) atoms. The molecule has 4 nitrogen and oxygen atoms in total. The van der Waals surface area contributed by atoms with Gasteiger partial charge in [0.2, 0.25) is 11.8 Å². The summed E-state index contributed by atoms with van der Waals surface area (Å²) in [5.74, 6) is -0.0277. The minimum Gasteiger partial charge on any atom is -0.354 e. The molecule has 0 spiro atoms. The van der Waals surface area contributed by atoms with E-state index in [-0.39, 0.29) is 24.8 Å². The van der Waals surface area contributed by atoms with Gasteiger partial charge in [-0.1, -0.05) is 97.7 Å². The van der Waals surface area contributed by atoms with E-state index < -0.39 is 6.04 Å². The maximum atomic E-state index is 13.7. The molecular formula is C28H30Cl2N2O2. The van der Waals surface area contributed by atoms with Crippen LogP contribution >= 0.6 is 23.2 Å². The highest BCUT2D eigenvalue weighted by molar-refractivity contribution is 6.31. The quantitative estimate of drug-likeness (QED) is 0.377. The molecule has 0 aromatic heterocycles. The number of benzene rings is 3. The molecule has 0 bridgehead atoms. The second-order valence-corrected chi connectivity index (χ2v) is 9.60. The Morgan fingerprint density at radius 3 is 2.15 bits per heavy atom. The first-order valence-corrected chi connectivity index (χ1v) is 12.2. The molecule has 3 aromatic carbocycles. The molecular weight excluding hydrogens is 467 g/mol. The van der Waals surface area contributed by atoms with E-state index in [1.807, 2.05) is 74.5 Å². The van der Waals surface area contributed by atoms with Crippen LogP contribution in [0.5, 0.6) is 0 Å². The van der Waals surface area contributed by atoms with Crippen molar-refractivity contribution in [2.75, 3.05) is 6.54 Å².